The van der Waals surface area contributed by atoms with Gasteiger partial charge in [0.15, 0.2) is 16.3 Å². The van der Waals surface area contributed by atoms with Crippen LogP contribution in [0.1, 0.15) is 58.7 Å². The monoisotopic (exact) mass is 563 g/mol. The highest BCUT2D eigenvalue weighted by molar-refractivity contribution is 7.07. The summed E-state index contributed by atoms with van der Waals surface area (Å²) in [5.74, 6) is 0.657. The van der Waals surface area contributed by atoms with E-state index in [1.54, 1.807) is 18.4 Å². The fraction of sp³-hybridized carbons (Fsp3) is 0.387. The third-order valence-electron chi connectivity index (χ3n) is 6.72. The minimum Gasteiger partial charge on any atom is -0.490 e. The fourth-order valence-electron chi connectivity index (χ4n) is 4.87. The predicted molar refractivity (Wildman–Crippen MR) is 159 cm³/mol. The van der Waals surface area contributed by atoms with Crippen LogP contribution in [0.3, 0.4) is 0 Å². The van der Waals surface area contributed by atoms with Crippen molar-refractivity contribution in [2.24, 2.45) is 4.99 Å². The highest BCUT2D eigenvalue weighted by atomic mass is 32.1. The SMILES string of the molecule is CCOC(=O)C1=C(C)N=c2s/c(=C/c3ccc(N(CC)CC)cc3)c(=O)n2C1c1ccc(OCC)c(OCC)c1. The molecule has 0 N–H and O–H groups in total. The van der Waals surface area contributed by atoms with E-state index in [1.807, 2.05) is 50.3 Å². The van der Waals surface area contributed by atoms with E-state index in [0.29, 0.717) is 50.9 Å². The number of allylic oxidation sites excluding steroid dienone is 1. The molecule has 0 amide bonds. The standard InChI is InChI=1S/C31H37N3O5S/c1-7-33(8-2)23-15-12-21(13-16-23)18-26-29(35)34-28(22-14-17-24(37-9-3)25(19-22)38-10-4)27(30(36)39-11-5)20(6)32-31(34)40-26/h12-19,28H,7-11H2,1-6H3/b26-18+. The molecular weight excluding hydrogens is 526 g/mol. The van der Waals surface area contributed by atoms with E-state index in [0.717, 1.165) is 24.3 Å². The number of thiazole rings is 1. The van der Waals surface area contributed by atoms with Gasteiger partial charge in [-0.25, -0.2) is 9.79 Å². The minimum atomic E-state index is -0.725. The van der Waals surface area contributed by atoms with E-state index >= 15 is 0 Å². The van der Waals surface area contributed by atoms with Crippen LogP contribution in [0.5, 0.6) is 11.5 Å². The molecule has 1 aliphatic heterocycles. The Labute approximate surface area is 238 Å². The van der Waals surface area contributed by atoms with Crippen molar-refractivity contribution in [3.63, 3.8) is 0 Å². The van der Waals surface area contributed by atoms with Crippen molar-refractivity contribution in [1.29, 1.82) is 0 Å². The van der Waals surface area contributed by atoms with Crippen LogP contribution >= 0.6 is 11.3 Å². The molecule has 0 saturated carbocycles. The van der Waals surface area contributed by atoms with Gasteiger partial charge in [-0.15, -0.1) is 0 Å². The van der Waals surface area contributed by atoms with E-state index in [-0.39, 0.29) is 12.2 Å². The Morgan fingerprint density at radius 2 is 1.65 bits per heavy atom. The maximum Gasteiger partial charge on any atom is 0.338 e. The minimum absolute atomic E-state index is 0.212. The second kappa shape index (κ2) is 13.0. The smallest absolute Gasteiger partial charge is 0.338 e. The summed E-state index contributed by atoms with van der Waals surface area (Å²) in [4.78, 5) is 34.6. The van der Waals surface area contributed by atoms with Gasteiger partial charge in [-0.3, -0.25) is 9.36 Å². The number of hydrogen-bond donors (Lipinski definition) is 0. The van der Waals surface area contributed by atoms with Crippen LogP contribution in [0.2, 0.25) is 0 Å². The zero-order valence-corrected chi connectivity index (χ0v) is 24.8. The summed E-state index contributed by atoms with van der Waals surface area (Å²) < 4.78 is 19.1. The van der Waals surface area contributed by atoms with E-state index < -0.39 is 12.0 Å². The van der Waals surface area contributed by atoms with Crippen molar-refractivity contribution in [1.82, 2.24) is 4.57 Å². The van der Waals surface area contributed by atoms with Gasteiger partial charge in [0.25, 0.3) is 5.56 Å². The lowest BCUT2D eigenvalue weighted by molar-refractivity contribution is -0.139. The van der Waals surface area contributed by atoms with E-state index in [2.05, 4.69) is 35.9 Å². The second-order valence-electron chi connectivity index (χ2n) is 9.14. The maximum atomic E-state index is 13.9. The molecule has 1 aliphatic rings. The molecule has 4 rings (SSSR count). The average Bonchev–Trinajstić information content (AvgIpc) is 3.24. The van der Waals surface area contributed by atoms with Gasteiger partial charge in [-0.05, 0) is 83.0 Å². The Morgan fingerprint density at radius 3 is 2.27 bits per heavy atom. The first-order chi connectivity index (χ1) is 19.4. The number of rotatable bonds is 11. The summed E-state index contributed by atoms with van der Waals surface area (Å²) in [6.07, 6.45) is 1.88. The van der Waals surface area contributed by atoms with Crippen LogP contribution in [0.25, 0.3) is 6.08 Å². The molecule has 0 radical (unpaired) electrons. The van der Waals surface area contributed by atoms with Gasteiger partial charge in [0.05, 0.1) is 41.7 Å². The van der Waals surface area contributed by atoms with Crippen LogP contribution in [0.15, 0.2) is 63.5 Å². The number of aromatic nitrogens is 1. The van der Waals surface area contributed by atoms with Gasteiger partial charge in [-0.2, -0.15) is 0 Å². The number of ether oxygens (including phenoxy) is 3. The number of fused-ring (bicyclic) bond motifs is 1. The van der Waals surface area contributed by atoms with Crippen LogP contribution in [0, 0.1) is 0 Å². The van der Waals surface area contributed by atoms with Gasteiger partial charge >= 0.3 is 5.97 Å². The number of esters is 1. The molecular formula is C31H37N3O5S. The molecule has 1 aromatic heterocycles. The van der Waals surface area contributed by atoms with Crippen LogP contribution in [0.4, 0.5) is 5.69 Å². The third kappa shape index (κ3) is 5.84. The molecule has 0 saturated heterocycles. The summed E-state index contributed by atoms with van der Waals surface area (Å²) in [6.45, 7) is 14.6. The lowest BCUT2D eigenvalue weighted by Crippen LogP contribution is -2.40. The number of carbonyl (C=O) groups excluding carboxylic acids is 1. The van der Waals surface area contributed by atoms with Gasteiger partial charge in [0.1, 0.15) is 0 Å². The van der Waals surface area contributed by atoms with Crippen molar-refractivity contribution in [3.05, 3.63) is 84.5 Å². The maximum absolute atomic E-state index is 13.9. The molecule has 40 heavy (non-hydrogen) atoms. The molecule has 1 atom stereocenters. The van der Waals surface area contributed by atoms with Crippen molar-refractivity contribution >= 4 is 29.1 Å². The molecule has 3 aromatic rings. The number of hydrogen-bond acceptors (Lipinski definition) is 8. The first-order valence-corrected chi connectivity index (χ1v) is 14.6. The Bertz CT molecular complexity index is 1570. The van der Waals surface area contributed by atoms with Crippen molar-refractivity contribution in [2.75, 3.05) is 37.8 Å². The van der Waals surface area contributed by atoms with E-state index in [4.69, 9.17) is 14.2 Å². The topological polar surface area (TPSA) is 82.4 Å². The summed E-state index contributed by atoms with van der Waals surface area (Å²) in [7, 11) is 0. The molecule has 0 fully saturated rings. The number of carbonyl (C=O) groups is 1. The molecule has 1 unspecified atom stereocenters. The van der Waals surface area contributed by atoms with Crippen molar-refractivity contribution in [3.8, 4) is 11.5 Å². The molecule has 0 aliphatic carbocycles. The number of nitrogens with zero attached hydrogens (tertiary/aromatic N) is 3. The highest BCUT2D eigenvalue weighted by Crippen LogP contribution is 2.36. The molecule has 2 heterocycles. The number of benzene rings is 2. The first kappa shape index (κ1) is 29.1. The quantitative estimate of drug-likeness (QED) is 0.321. The van der Waals surface area contributed by atoms with Crippen molar-refractivity contribution in [2.45, 2.75) is 47.6 Å². The predicted octanol–water partition coefficient (Wildman–Crippen LogP) is 4.44. The number of anilines is 1. The van der Waals surface area contributed by atoms with Crippen molar-refractivity contribution < 1.29 is 19.0 Å². The highest BCUT2D eigenvalue weighted by Gasteiger charge is 2.34. The lowest BCUT2D eigenvalue weighted by Gasteiger charge is -2.25. The summed E-state index contributed by atoms with van der Waals surface area (Å²) in [5, 5.41) is 0. The van der Waals surface area contributed by atoms with Gasteiger partial charge in [0.2, 0.25) is 0 Å². The second-order valence-corrected chi connectivity index (χ2v) is 10.1. The molecule has 8 nitrogen and oxygen atoms in total. The zero-order valence-electron chi connectivity index (χ0n) is 24.0. The molecule has 9 heteroatoms. The lowest BCUT2D eigenvalue weighted by atomic mass is 9.95. The normalized spacial score (nSPS) is 14.9. The van der Waals surface area contributed by atoms with Crippen LogP contribution in [-0.2, 0) is 9.53 Å². The molecule has 2 aromatic carbocycles. The Balaban J connectivity index is 1.88. The summed E-state index contributed by atoms with van der Waals surface area (Å²) >= 11 is 1.31. The van der Waals surface area contributed by atoms with Crippen LogP contribution in [-0.4, -0.2) is 43.4 Å². The summed E-state index contributed by atoms with van der Waals surface area (Å²) in [6, 6.07) is 12.9. The Morgan fingerprint density at radius 1 is 0.975 bits per heavy atom. The van der Waals surface area contributed by atoms with Crippen LogP contribution < -0.4 is 29.3 Å². The van der Waals surface area contributed by atoms with Gasteiger partial charge in [-0.1, -0.05) is 29.5 Å². The molecule has 212 valence electrons. The van der Waals surface area contributed by atoms with E-state index in [1.165, 1.54) is 11.3 Å². The van der Waals surface area contributed by atoms with E-state index in [9.17, 15) is 9.59 Å². The molecule has 0 bridgehead atoms. The fourth-order valence-corrected chi connectivity index (χ4v) is 5.91. The molecule has 0 spiro atoms. The van der Waals surface area contributed by atoms with Gasteiger partial charge in [0, 0.05) is 18.8 Å². The summed E-state index contributed by atoms with van der Waals surface area (Å²) in [5.41, 5.74) is 3.39. The zero-order chi connectivity index (χ0) is 28.8. The largest absolute Gasteiger partial charge is 0.490 e. The Kier molecular flexibility index (Phi) is 9.47. The van der Waals surface area contributed by atoms with Gasteiger partial charge < -0.3 is 19.1 Å². The first-order valence-electron chi connectivity index (χ1n) is 13.8. The average molecular weight is 564 g/mol. The Hall–Kier alpha value is -3.85. The third-order valence-corrected chi connectivity index (χ3v) is 7.70.